The van der Waals surface area contributed by atoms with E-state index in [9.17, 15) is 5.11 Å². The Morgan fingerprint density at radius 3 is 2.55 bits per heavy atom. The van der Waals surface area contributed by atoms with Crippen LogP contribution in [0.5, 0.6) is 0 Å². The third kappa shape index (κ3) is 3.10. The molecule has 3 rings (SSSR count). The summed E-state index contributed by atoms with van der Waals surface area (Å²) in [4.78, 5) is 0. The third-order valence-electron chi connectivity index (χ3n) is 4.95. The fourth-order valence-electron chi connectivity index (χ4n) is 3.81. The molecule has 1 aromatic carbocycles. The van der Waals surface area contributed by atoms with E-state index in [1.165, 1.54) is 32.1 Å². The first kappa shape index (κ1) is 14.6. The normalized spacial score (nSPS) is 27.4. The molecule has 0 bridgehead atoms. The van der Waals surface area contributed by atoms with E-state index < -0.39 is 0 Å². The van der Waals surface area contributed by atoms with Crippen molar-refractivity contribution in [1.29, 1.82) is 0 Å². The van der Waals surface area contributed by atoms with Gasteiger partial charge < -0.3 is 9.84 Å². The van der Waals surface area contributed by atoms with Crippen LogP contribution in [0.1, 0.15) is 56.6 Å². The molecule has 2 aliphatic rings. The van der Waals surface area contributed by atoms with Crippen molar-refractivity contribution in [3.63, 3.8) is 0 Å². The minimum Gasteiger partial charge on any atom is -0.388 e. The zero-order chi connectivity index (χ0) is 14.0. The van der Waals surface area contributed by atoms with Crippen molar-refractivity contribution in [1.82, 2.24) is 0 Å². The smallest absolute Gasteiger partial charge is 0.0820 e. The zero-order valence-electron chi connectivity index (χ0n) is 11.9. The maximum Gasteiger partial charge on any atom is 0.0820 e. The lowest BCUT2D eigenvalue weighted by molar-refractivity contribution is -0.134. The fraction of sp³-hybridized carbons (Fsp3) is 0.647. The number of halogens is 1. The predicted octanol–water partition coefficient (Wildman–Crippen LogP) is 4.61. The quantitative estimate of drug-likeness (QED) is 0.852. The van der Waals surface area contributed by atoms with E-state index in [0.717, 1.165) is 29.5 Å². The molecule has 2 nitrogen and oxygen atoms in total. The van der Waals surface area contributed by atoms with Gasteiger partial charge >= 0.3 is 0 Å². The highest BCUT2D eigenvalue weighted by Crippen LogP contribution is 2.44. The Kier molecular flexibility index (Phi) is 4.49. The summed E-state index contributed by atoms with van der Waals surface area (Å²) in [7, 11) is 0. The molecule has 1 heterocycles. The molecule has 2 atom stereocenters. The second-order valence-corrected chi connectivity index (χ2v) is 7.26. The number of aliphatic hydroxyl groups excluding tert-OH is 1. The van der Waals surface area contributed by atoms with Gasteiger partial charge in [-0.2, -0.15) is 0 Å². The van der Waals surface area contributed by atoms with E-state index in [-0.39, 0.29) is 11.7 Å². The number of aliphatic hydroxyl groups is 1. The summed E-state index contributed by atoms with van der Waals surface area (Å²) in [6.45, 7) is 0.804. The van der Waals surface area contributed by atoms with Crippen LogP contribution in [0.25, 0.3) is 0 Å². The van der Waals surface area contributed by atoms with Crippen molar-refractivity contribution >= 4 is 15.9 Å². The van der Waals surface area contributed by atoms with Gasteiger partial charge in [-0.25, -0.2) is 0 Å². The second kappa shape index (κ2) is 6.17. The average Bonchev–Trinajstić information content (AvgIpc) is 2.48. The number of hydrogen-bond donors (Lipinski definition) is 1. The summed E-state index contributed by atoms with van der Waals surface area (Å²) in [6.07, 6.45) is 7.88. The maximum absolute atomic E-state index is 10.7. The standard InChI is InChI=1S/C17H23BrO2/c18-15-6-4-13(5-7-15)16(19)14-8-11-20-17(12-14)9-2-1-3-10-17/h4-7,14,16,19H,1-3,8-12H2. The van der Waals surface area contributed by atoms with Gasteiger partial charge in [0.15, 0.2) is 0 Å². The topological polar surface area (TPSA) is 29.5 Å². The minimum absolute atomic E-state index is 0.0670. The van der Waals surface area contributed by atoms with Gasteiger partial charge in [-0.15, -0.1) is 0 Å². The first-order valence-corrected chi connectivity index (χ1v) is 8.55. The molecule has 3 heteroatoms. The number of rotatable bonds is 2. The SMILES string of the molecule is OC(c1ccc(Br)cc1)C1CCOC2(CCCCC2)C1. The van der Waals surface area contributed by atoms with Gasteiger partial charge in [-0.3, -0.25) is 0 Å². The van der Waals surface area contributed by atoms with Crippen LogP contribution in [0.4, 0.5) is 0 Å². The summed E-state index contributed by atoms with van der Waals surface area (Å²) in [5, 5.41) is 10.7. The van der Waals surface area contributed by atoms with Crippen molar-refractivity contribution < 1.29 is 9.84 Å². The summed E-state index contributed by atoms with van der Waals surface area (Å²) in [5.74, 6) is 0.336. The summed E-state index contributed by atoms with van der Waals surface area (Å²) in [6, 6.07) is 8.07. The zero-order valence-corrected chi connectivity index (χ0v) is 13.4. The second-order valence-electron chi connectivity index (χ2n) is 6.34. The van der Waals surface area contributed by atoms with Gasteiger partial charge in [-0.1, -0.05) is 47.3 Å². The molecule has 1 N–H and O–H groups in total. The Balaban J connectivity index is 1.71. The van der Waals surface area contributed by atoms with Gasteiger partial charge in [0.1, 0.15) is 0 Å². The van der Waals surface area contributed by atoms with E-state index in [1.807, 2.05) is 24.3 Å². The summed E-state index contributed by atoms with van der Waals surface area (Å²) in [5.41, 5.74) is 1.10. The molecule has 2 fully saturated rings. The highest BCUT2D eigenvalue weighted by Gasteiger charge is 2.40. The van der Waals surface area contributed by atoms with Crippen molar-refractivity contribution in [3.05, 3.63) is 34.3 Å². The van der Waals surface area contributed by atoms with Gasteiger partial charge in [0.2, 0.25) is 0 Å². The summed E-state index contributed by atoms with van der Waals surface area (Å²) < 4.78 is 7.18. The minimum atomic E-state index is -0.356. The fourth-order valence-corrected chi connectivity index (χ4v) is 4.08. The lowest BCUT2D eigenvalue weighted by Gasteiger charge is -2.44. The highest BCUT2D eigenvalue weighted by molar-refractivity contribution is 9.10. The van der Waals surface area contributed by atoms with Crippen LogP contribution in [-0.2, 0) is 4.74 Å². The van der Waals surface area contributed by atoms with Crippen LogP contribution < -0.4 is 0 Å². The number of ether oxygens (including phenoxy) is 1. The highest BCUT2D eigenvalue weighted by atomic mass is 79.9. The van der Waals surface area contributed by atoms with Crippen LogP contribution in [0, 0.1) is 5.92 Å². The number of benzene rings is 1. The summed E-state index contributed by atoms with van der Waals surface area (Å²) >= 11 is 3.45. The number of hydrogen-bond acceptors (Lipinski definition) is 2. The van der Waals surface area contributed by atoms with Crippen molar-refractivity contribution in [3.8, 4) is 0 Å². The molecule has 110 valence electrons. The largest absolute Gasteiger partial charge is 0.388 e. The molecule has 1 saturated carbocycles. The van der Waals surface area contributed by atoms with Gasteiger partial charge in [0.05, 0.1) is 11.7 Å². The molecule has 0 amide bonds. The lowest BCUT2D eigenvalue weighted by atomic mass is 9.74. The van der Waals surface area contributed by atoms with E-state index in [2.05, 4.69) is 15.9 Å². The molecule has 0 aromatic heterocycles. The molecule has 1 aliphatic carbocycles. The Bertz CT molecular complexity index is 431. The van der Waals surface area contributed by atoms with Gasteiger partial charge in [0, 0.05) is 11.1 Å². The Morgan fingerprint density at radius 2 is 1.85 bits per heavy atom. The Labute approximate surface area is 129 Å². The van der Waals surface area contributed by atoms with Gasteiger partial charge in [0.25, 0.3) is 0 Å². The van der Waals surface area contributed by atoms with Gasteiger partial charge in [-0.05, 0) is 49.3 Å². The molecule has 1 aliphatic heterocycles. The van der Waals surface area contributed by atoms with Crippen molar-refractivity contribution in [2.24, 2.45) is 5.92 Å². The van der Waals surface area contributed by atoms with Crippen molar-refractivity contribution in [2.45, 2.75) is 56.7 Å². The van der Waals surface area contributed by atoms with E-state index in [0.29, 0.717) is 5.92 Å². The first-order chi connectivity index (χ1) is 9.69. The van der Waals surface area contributed by atoms with Crippen LogP contribution in [0.3, 0.4) is 0 Å². The molecular weight excluding hydrogens is 316 g/mol. The van der Waals surface area contributed by atoms with Crippen LogP contribution in [-0.4, -0.2) is 17.3 Å². The molecule has 1 spiro atoms. The van der Waals surface area contributed by atoms with E-state index >= 15 is 0 Å². The van der Waals surface area contributed by atoms with E-state index in [1.54, 1.807) is 0 Å². The van der Waals surface area contributed by atoms with Crippen molar-refractivity contribution in [2.75, 3.05) is 6.61 Å². The Morgan fingerprint density at radius 1 is 1.15 bits per heavy atom. The van der Waals surface area contributed by atoms with Crippen LogP contribution >= 0.6 is 15.9 Å². The van der Waals surface area contributed by atoms with E-state index in [4.69, 9.17) is 4.74 Å². The molecule has 1 aromatic rings. The monoisotopic (exact) mass is 338 g/mol. The molecular formula is C17H23BrO2. The Hall–Kier alpha value is -0.380. The average molecular weight is 339 g/mol. The molecule has 20 heavy (non-hydrogen) atoms. The first-order valence-electron chi connectivity index (χ1n) is 7.76. The van der Waals surface area contributed by atoms with Crippen LogP contribution in [0.15, 0.2) is 28.7 Å². The molecule has 2 unspecified atom stereocenters. The third-order valence-corrected chi connectivity index (χ3v) is 5.48. The maximum atomic E-state index is 10.7. The molecule has 0 radical (unpaired) electrons. The predicted molar refractivity (Wildman–Crippen MR) is 83.6 cm³/mol. The lowest BCUT2D eigenvalue weighted by Crippen LogP contribution is -2.42. The van der Waals surface area contributed by atoms with Crippen LogP contribution in [0.2, 0.25) is 0 Å². The molecule has 1 saturated heterocycles.